The fourth-order valence-corrected chi connectivity index (χ4v) is 2.07. The molecule has 2 atom stereocenters. The van der Waals surface area contributed by atoms with E-state index in [-0.39, 0.29) is 11.7 Å². The molecule has 0 saturated heterocycles. The van der Waals surface area contributed by atoms with Crippen molar-refractivity contribution >= 4 is 27.7 Å². The minimum absolute atomic E-state index is 0.174. The highest BCUT2D eigenvalue weighted by molar-refractivity contribution is 9.10. The highest BCUT2D eigenvalue weighted by Gasteiger charge is 2.31. The van der Waals surface area contributed by atoms with Crippen LogP contribution in [0.25, 0.3) is 0 Å². The Labute approximate surface area is 109 Å². The average Bonchev–Trinajstić information content (AvgIpc) is 2.29. The van der Waals surface area contributed by atoms with Gasteiger partial charge in [0.2, 0.25) is 0 Å². The third-order valence-electron chi connectivity index (χ3n) is 2.79. The van der Waals surface area contributed by atoms with Gasteiger partial charge in [-0.3, -0.25) is 9.59 Å². The van der Waals surface area contributed by atoms with E-state index in [1.54, 1.807) is 0 Å². The number of halogens is 1. The van der Waals surface area contributed by atoms with Gasteiger partial charge in [-0.2, -0.15) is 0 Å². The first-order valence-corrected chi connectivity index (χ1v) is 6.10. The molecule has 0 N–H and O–H groups in total. The Morgan fingerprint density at radius 1 is 1.24 bits per heavy atom. The van der Waals surface area contributed by atoms with Gasteiger partial charge in [0.15, 0.2) is 0 Å². The molecular formula is C13H15BrO3. The van der Waals surface area contributed by atoms with Gasteiger partial charge in [-0.25, -0.2) is 0 Å². The average molecular weight is 299 g/mol. The van der Waals surface area contributed by atoms with Crippen molar-refractivity contribution in [2.45, 2.75) is 19.8 Å². The Morgan fingerprint density at radius 3 is 2.18 bits per heavy atom. The normalized spacial score (nSPS) is 13.9. The second kappa shape index (κ2) is 5.96. The Balaban J connectivity index is 2.99. The summed E-state index contributed by atoms with van der Waals surface area (Å²) in [4.78, 5) is 23.1. The molecule has 0 bridgehead atoms. The van der Waals surface area contributed by atoms with Gasteiger partial charge in [-0.05, 0) is 24.6 Å². The van der Waals surface area contributed by atoms with Crippen molar-refractivity contribution in [1.82, 2.24) is 0 Å². The van der Waals surface area contributed by atoms with E-state index in [1.807, 2.05) is 31.2 Å². The Morgan fingerprint density at radius 2 is 1.76 bits per heavy atom. The van der Waals surface area contributed by atoms with Crippen LogP contribution in [-0.2, 0) is 14.3 Å². The molecule has 4 heteroatoms. The lowest BCUT2D eigenvalue weighted by atomic mass is 9.85. The number of carbonyl (C=O) groups is 2. The Hall–Kier alpha value is -1.16. The van der Waals surface area contributed by atoms with Crippen molar-refractivity contribution in [3.8, 4) is 0 Å². The summed E-state index contributed by atoms with van der Waals surface area (Å²) in [5.74, 6) is -1.57. The van der Waals surface area contributed by atoms with Crippen LogP contribution >= 0.6 is 15.9 Å². The second-order valence-electron chi connectivity index (χ2n) is 3.95. The van der Waals surface area contributed by atoms with Gasteiger partial charge in [0.1, 0.15) is 11.7 Å². The summed E-state index contributed by atoms with van der Waals surface area (Å²) in [6.07, 6.45) is 0. The number of ketones is 1. The Bertz CT molecular complexity index is 411. The first kappa shape index (κ1) is 13.9. The van der Waals surface area contributed by atoms with E-state index in [9.17, 15) is 9.59 Å². The molecule has 0 heterocycles. The minimum Gasteiger partial charge on any atom is -0.468 e. The number of benzene rings is 1. The van der Waals surface area contributed by atoms with E-state index in [2.05, 4.69) is 20.7 Å². The molecule has 0 spiro atoms. The first-order valence-electron chi connectivity index (χ1n) is 5.31. The molecule has 17 heavy (non-hydrogen) atoms. The van der Waals surface area contributed by atoms with E-state index in [1.165, 1.54) is 14.0 Å². The van der Waals surface area contributed by atoms with Crippen molar-refractivity contribution in [2.24, 2.45) is 5.92 Å². The number of ether oxygens (including phenoxy) is 1. The molecule has 0 aliphatic heterocycles. The summed E-state index contributed by atoms with van der Waals surface area (Å²) in [6, 6.07) is 7.57. The van der Waals surface area contributed by atoms with Crippen molar-refractivity contribution in [2.75, 3.05) is 7.11 Å². The topological polar surface area (TPSA) is 43.4 Å². The van der Waals surface area contributed by atoms with Crippen molar-refractivity contribution in [3.05, 3.63) is 34.3 Å². The molecule has 0 radical (unpaired) electrons. The summed E-state index contributed by atoms with van der Waals surface area (Å²) < 4.78 is 5.63. The smallest absolute Gasteiger partial charge is 0.316 e. The number of rotatable bonds is 4. The highest BCUT2D eigenvalue weighted by Crippen LogP contribution is 2.27. The van der Waals surface area contributed by atoms with Crippen molar-refractivity contribution in [1.29, 1.82) is 0 Å². The van der Waals surface area contributed by atoms with Gasteiger partial charge in [0.25, 0.3) is 0 Å². The monoisotopic (exact) mass is 298 g/mol. The molecule has 1 aromatic carbocycles. The summed E-state index contributed by atoms with van der Waals surface area (Å²) >= 11 is 3.34. The van der Waals surface area contributed by atoms with Crippen LogP contribution in [0, 0.1) is 5.92 Å². The maximum atomic E-state index is 11.6. The summed E-state index contributed by atoms with van der Waals surface area (Å²) in [5.41, 5.74) is 0.943. The quantitative estimate of drug-likeness (QED) is 0.634. The molecule has 0 amide bonds. The van der Waals surface area contributed by atoms with Gasteiger partial charge in [-0.1, -0.05) is 35.0 Å². The molecule has 1 unspecified atom stereocenters. The number of Topliss-reactive ketones (excluding diaryl/α,β-unsaturated/α-hetero) is 1. The standard InChI is InChI=1S/C13H15BrO3/c1-8(10-4-6-11(14)7-5-10)12(9(2)15)13(16)17-3/h4-8,12H,1-3H3/t8?,12-/m1/s1. The summed E-state index contributed by atoms with van der Waals surface area (Å²) in [7, 11) is 1.30. The third kappa shape index (κ3) is 3.40. The zero-order valence-electron chi connectivity index (χ0n) is 10.1. The van der Waals surface area contributed by atoms with Crippen LogP contribution in [0.4, 0.5) is 0 Å². The van der Waals surface area contributed by atoms with Gasteiger partial charge in [0.05, 0.1) is 7.11 Å². The largest absolute Gasteiger partial charge is 0.468 e. The second-order valence-corrected chi connectivity index (χ2v) is 4.87. The lowest BCUT2D eigenvalue weighted by molar-refractivity contribution is -0.149. The minimum atomic E-state index is -0.735. The van der Waals surface area contributed by atoms with Gasteiger partial charge in [-0.15, -0.1) is 0 Å². The predicted octanol–water partition coefficient (Wildman–Crippen LogP) is 2.93. The molecule has 0 saturated carbocycles. The van der Waals surface area contributed by atoms with Crippen molar-refractivity contribution < 1.29 is 14.3 Å². The van der Waals surface area contributed by atoms with Crippen LogP contribution in [-0.4, -0.2) is 18.9 Å². The molecule has 0 aliphatic carbocycles. The van der Waals surface area contributed by atoms with Gasteiger partial charge < -0.3 is 4.74 Å². The lowest BCUT2D eigenvalue weighted by Gasteiger charge is -2.19. The van der Waals surface area contributed by atoms with Crippen molar-refractivity contribution in [3.63, 3.8) is 0 Å². The third-order valence-corrected chi connectivity index (χ3v) is 3.32. The fraction of sp³-hybridized carbons (Fsp3) is 0.385. The van der Waals surface area contributed by atoms with Crippen LogP contribution in [0.5, 0.6) is 0 Å². The Kier molecular flexibility index (Phi) is 4.87. The summed E-state index contributed by atoms with van der Waals surface area (Å²) in [5, 5.41) is 0. The molecule has 1 aromatic rings. The summed E-state index contributed by atoms with van der Waals surface area (Å²) in [6.45, 7) is 3.27. The lowest BCUT2D eigenvalue weighted by Crippen LogP contribution is -2.28. The molecule has 1 rings (SSSR count). The fourth-order valence-electron chi connectivity index (χ4n) is 1.81. The van der Waals surface area contributed by atoms with Crippen LogP contribution in [0.15, 0.2) is 28.7 Å². The van der Waals surface area contributed by atoms with E-state index >= 15 is 0 Å². The maximum absolute atomic E-state index is 11.6. The first-order chi connectivity index (χ1) is 7.97. The zero-order chi connectivity index (χ0) is 13.0. The number of esters is 1. The molecule has 0 aliphatic rings. The van der Waals surface area contributed by atoms with Gasteiger partial charge in [0, 0.05) is 10.4 Å². The molecule has 0 fully saturated rings. The van der Waals surface area contributed by atoms with E-state index in [0.29, 0.717) is 0 Å². The van der Waals surface area contributed by atoms with Gasteiger partial charge >= 0.3 is 5.97 Å². The van der Waals surface area contributed by atoms with Crippen LogP contribution in [0.3, 0.4) is 0 Å². The molecular weight excluding hydrogens is 284 g/mol. The molecule has 92 valence electrons. The molecule has 0 aromatic heterocycles. The maximum Gasteiger partial charge on any atom is 0.316 e. The van der Waals surface area contributed by atoms with E-state index in [0.717, 1.165) is 10.0 Å². The number of hydrogen-bond donors (Lipinski definition) is 0. The SMILES string of the molecule is COC(=O)[C@@H](C(C)=O)C(C)c1ccc(Br)cc1. The number of methoxy groups -OCH3 is 1. The zero-order valence-corrected chi connectivity index (χ0v) is 11.7. The highest BCUT2D eigenvalue weighted by atomic mass is 79.9. The van der Waals surface area contributed by atoms with Crippen LogP contribution in [0.1, 0.15) is 25.3 Å². The van der Waals surface area contributed by atoms with E-state index < -0.39 is 11.9 Å². The van der Waals surface area contributed by atoms with Crippen LogP contribution < -0.4 is 0 Å². The number of carbonyl (C=O) groups excluding carboxylic acids is 2. The van der Waals surface area contributed by atoms with Crippen LogP contribution in [0.2, 0.25) is 0 Å². The van der Waals surface area contributed by atoms with E-state index in [4.69, 9.17) is 0 Å². The molecule has 3 nitrogen and oxygen atoms in total. The number of hydrogen-bond acceptors (Lipinski definition) is 3. The predicted molar refractivity (Wildman–Crippen MR) is 68.7 cm³/mol.